The minimum Gasteiger partial charge on any atom is -0.494 e. The van der Waals surface area contributed by atoms with Gasteiger partial charge in [0.05, 0.1) is 27.9 Å². The SMILES string of the molecule is CCCOc1ccc(C(=O)N/N=C\c2cc(Br)c(OC(C)C)c(Br)c2)cc1. The van der Waals surface area contributed by atoms with Gasteiger partial charge in [-0.1, -0.05) is 6.92 Å². The second-order valence-corrected chi connectivity index (χ2v) is 7.76. The van der Waals surface area contributed by atoms with E-state index in [9.17, 15) is 4.79 Å². The molecule has 0 bridgehead atoms. The number of nitrogens with one attached hydrogen (secondary N) is 1. The Morgan fingerprint density at radius 2 is 1.81 bits per heavy atom. The molecule has 27 heavy (non-hydrogen) atoms. The molecule has 0 unspecified atom stereocenters. The number of hydrogen-bond acceptors (Lipinski definition) is 4. The molecule has 144 valence electrons. The van der Waals surface area contributed by atoms with Crippen LogP contribution in [0.5, 0.6) is 11.5 Å². The molecular weight excluding hydrogens is 476 g/mol. The van der Waals surface area contributed by atoms with E-state index in [4.69, 9.17) is 9.47 Å². The molecule has 0 aromatic heterocycles. The summed E-state index contributed by atoms with van der Waals surface area (Å²) in [5.74, 6) is 1.19. The third-order valence-electron chi connectivity index (χ3n) is 3.34. The quantitative estimate of drug-likeness (QED) is 0.384. The fourth-order valence-electron chi connectivity index (χ4n) is 2.15. The topological polar surface area (TPSA) is 59.9 Å². The van der Waals surface area contributed by atoms with Crippen LogP contribution in [0.4, 0.5) is 0 Å². The van der Waals surface area contributed by atoms with Crippen LogP contribution in [0, 0.1) is 0 Å². The summed E-state index contributed by atoms with van der Waals surface area (Å²) in [7, 11) is 0. The van der Waals surface area contributed by atoms with Crippen molar-refractivity contribution in [2.24, 2.45) is 5.10 Å². The van der Waals surface area contributed by atoms with Crippen LogP contribution in [0.3, 0.4) is 0 Å². The predicted octanol–water partition coefficient (Wildman–Crippen LogP) is 5.55. The van der Waals surface area contributed by atoms with Crippen molar-refractivity contribution in [1.82, 2.24) is 5.43 Å². The maximum Gasteiger partial charge on any atom is 0.271 e. The smallest absolute Gasteiger partial charge is 0.271 e. The highest BCUT2D eigenvalue weighted by Crippen LogP contribution is 2.35. The molecule has 2 aromatic rings. The monoisotopic (exact) mass is 496 g/mol. The van der Waals surface area contributed by atoms with E-state index in [1.807, 2.05) is 32.9 Å². The Morgan fingerprint density at radius 1 is 1.19 bits per heavy atom. The Hall–Kier alpha value is -1.86. The van der Waals surface area contributed by atoms with Gasteiger partial charge in [-0.15, -0.1) is 0 Å². The average molecular weight is 498 g/mol. The van der Waals surface area contributed by atoms with Crippen LogP contribution in [0.25, 0.3) is 0 Å². The van der Waals surface area contributed by atoms with Crippen LogP contribution in [-0.4, -0.2) is 24.8 Å². The van der Waals surface area contributed by atoms with Crippen LogP contribution in [-0.2, 0) is 0 Å². The summed E-state index contributed by atoms with van der Waals surface area (Å²) in [5.41, 5.74) is 3.85. The molecule has 0 saturated carbocycles. The van der Waals surface area contributed by atoms with Gasteiger partial charge in [-0.25, -0.2) is 5.43 Å². The fourth-order valence-corrected chi connectivity index (χ4v) is 3.56. The summed E-state index contributed by atoms with van der Waals surface area (Å²) >= 11 is 6.99. The third-order valence-corrected chi connectivity index (χ3v) is 4.52. The highest BCUT2D eigenvalue weighted by molar-refractivity contribution is 9.11. The van der Waals surface area contributed by atoms with Crippen molar-refractivity contribution in [3.8, 4) is 11.5 Å². The van der Waals surface area contributed by atoms with E-state index in [2.05, 4.69) is 42.4 Å². The van der Waals surface area contributed by atoms with Gasteiger partial charge < -0.3 is 9.47 Å². The van der Waals surface area contributed by atoms with E-state index in [1.165, 1.54) is 0 Å². The van der Waals surface area contributed by atoms with Gasteiger partial charge in [-0.2, -0.15) is 5.10 Å². The minimum atomic E-state index is -0.286. The summed E-state index contributed by atoms with van der Waals surface area (Å²) in [6, 6.07) is 10.7. The number of halogens is 2. The van der Waals surface area contributed by atoms with Crippen molar-refractivity contribution >= 4 is 44.0 Å². The molecule has 0 aliphatic heterocycles. The Morgan fingerprint density at radius 3 is 2.37 bits per heavy atom. The standard InChI is InChI=1S/C20H22Br2N2O3/c1-4-9-26-16-7-5-15(6-8-16)20(25)24-23-12-14-10-17(21)19(18(22)11-14)27-13(2)3/h5-8,10-13H,4,9H2,1-3H3,(H,24,25)/b23-12-. The number of benzene rings is 2. The molecule has 1 amide bonds. The number of ether oxygens (including phenoxy) is 2. The van der Waals surface area contributed by atoms with Crippen molar-refractivity contribution in [2.45, 2.75) is 33.3 Å². The zero-order valence-electron chi connectivity index (χ0n) is 15.5. The highest BCUT2D eigenvalue weighted by Gasteiger charge is 2.10. The van der Waals surface area contributed by atoms with Gasteiger partial charge in [0.25, 0.3) is 5.91 Å². The van der Waals surface area contributed by atoms with E-state index in [0.29, 0.717) is 12.2 Å². The molecule has 0 radical (unpaired) electrons. The van der Waals surface area contributed by atoms with Crippen molar-refractivity contribution in [2.75, 3.05) is 6.61 Å². The Kier molecular flexibility index (Phi) is 8.31. The maximum absolute atomic E-state index is 12.2. The van der Waals surface area contributed by atoms with E-state index >= 15 is 0 Å². The molecule has 0 saturated heterocycles. The van der Waals surface area contributed by atoms with Gasteiger partial charge in [-0.3, -0.25) is 4.79 Å². The number of amides is 1. The predicted molar refractivity (Wildman–Crippen MR) is 115 cm³/mol. The summed E-state index contributed by atoms with van der Waals surface area (Å²) in [5, 5.41) is 4.02. The van der Waals surface area contributed by atoms with Crippen LogP contribution in [0.15, 0.2) is 50.4 Å². The number of rotatable bonds is 8. The molecule has 7 heteroatoms. The van der Waals surface area contributed by atoms with E-state index in [0.717, 1.165) is 32.4 Å². The highest BCUT2D eigenvalue weighted by atomic mass is 79.9. The summed E-state index contributed by atoms with van der Waals surface area (Å²) in [6.07, 6.45) is 2.58. The zero-order chi connectivity index (χ0) is 19.8. The molecule has 0 fully saturated rings. The molecule has 0 aliphatic carbocycles. The lowest BCUT2D eigenvalue weighted by atomic mass is 10.2. The summed E-state index contributed by atoms with van der Waals surface area (Å²) in [4.78, 5) is 12.2. The number of nitrogens with zero attached hydrogens (tertiary/aromatic N) is 1. The lowest BCUT2D eigenvalue weighted by molar-refractivity contribution is 0.0955. The molecule has 5 nitrogen and oxygen atoms in total. The Bertz CT molecular complexity index is 782. The molecule has 0 aliphatic rings. The number of carbonyl (C=O) groups is 1. The largest absolute Gasteiger partial charge is 0.494 e. The van der Waals surface area contributed by atoms with E-state index in [1.54, 1.807) is 30.5 Å². The van der Waals surface area contributed by atoms with Gasteiger partial charge in [0, 0.05) is 5.56 Å². The molecule has 2 aromatic carbocycles. The molecule has 0 atom stereocenters. The normalized spacial score (nSPS) is 11.0. The van der Waals surface area contributed by atoms with E-state index in [-0.39, 0.29) is 12.0 Å². The molecule has 0 spiro atoms. The van der Waals surface area contributed by atoms with Crippen LogP contribution in [0.2, 0.25) is 0 Å². The summed E-state index contributed by atoms with van der Waals surface area (Å²) in [6.45, 7) is 6.63. The van der Waals surface area contributed by atoms with Crippen molar-refractivity contribution < 1.29 is 14.3 Å². The first kappa shape index (κ1) is 21.4. The molecular formula is C20H22Br2N2O3. The van der Waals surface area contributed by atoms with Gasteiger partial charge in [-0.05, 0) is 94.1 Å². The van der Waals surface area contributed by atoms with Crippen LogP contribution >= 0.6 is 31.9 Å². The van der Waals surface area contributed by atoms with Crippen molar-refractivity contribution in [1.29, 1.82) is 0 Å². The van der Waals surface area contributed by atoms with E-state index < -0.39 is 0 Å². The van der Waals surface area contributed by atoms with Gasteiger partial charge in [0.15, 0.2) is 0 Å². The Balaban J connectivity index is 1.99. The average Bonchev–Trinajstić information content (AvgIpc) is 2.63. The lowest BCUT2D eigenvalue weighted by Crippen LogP contribution is -2.17. The van der Waals surface area contributed by atoms with Gasteiger partial charge in [0.2, 0.25) is 0 Å². The van der Waals surface area contributed by atoms with Gasteiger partial charge >= 0.3 is 0 Å². The first-order valence-electron chi connectivity index (χ1n) is 8.62. The van der Waals surface area contributed by atoms with Crippen LogP contribution in [0.1, 0.15) is 43.1 Å². The van der Waals surface area contributed by atoms with Crippen molar-refractivity contribution in [3.05, 3.63) is 56.5 Å². The fraction of sp³-hybridized carbons (Fsp3) is 0.300. The molecule has 1 N–H and O–H groups in total. The first-order chi connectivity index (χ1) is 12.9. The number of hydrazone groups is 1. The molecule has 2 rings (SSSR count). The van der Waals surface area contributed by atoms with Gasteiger partial charge in [0.1, 0.15) is 11.5 Å². The second-order valence-electron chi connectivity index (χ2n) is 6.05. The number of hydrogen-bond donors (Lipinski definition) is 1. The first-order valence-corrected chi connectivity index (χ1v) is 10.2. The van der Waals surface area contributed by atoms with Crippen molar-refractivity contribution in [3.63, 3.8) is 0 Å². The molecule has 0 heterocycles. The zero-order valence-corrected chi connectivity index (χ0v) is 18.6. The maximum atomic E-state index is 12.2. The lowest BCUT2D eigenvalue weighted by Gasteiger charge is -2.13. The minimum absolute atomic E-state index is 0.0650. The van der Waals surface area contributed by atoms with Crippen LogP contribution < -0.4 is 14.9 Å². The Labute approximate surface area is 176 Å². The second kappa shape index (κ2) is 10.5. The third kappa shape index (κ3) is 6.66. The summed E-state index contributed by atoms with van der Waals surface area (Å²) < 4.78 is 12.9. The number of carbonyl (C=O) groups excluding carboxylic acids is 1.